The van der Waals surface area contributed by atoms with Crippen molar-refractivity contribution in [3.8, 4) is 5.75 Å². The van der Waals surface area contributed by atoms with Crippen molar-refractivity contribution in [2.45, 2.75) is 0 Å². The van der Waals surface area contributed by atoms with Crippen molar-refractivity contribution >= 4 is 16.6 Å². The fraction of sp³-hybridized carbons (Fsp3) is 0.0909. The van der Waals surface area contributed by atoms with Crippen LogP contribution in [0.4, 0.5) is 0 Å². The highest BCUT2D eigenvalue weighted by atomic mass is 16.5. The highest BCUT2D eigenvalue weighted by Gasteiger charge is 2.07. The van der Waals surface area contributed by atoms with Gasteiger partial charge in [-0.05, 0) is 23.6 Å². The lowest BCUT2D eigenvalue weighted by Crippen LogP contribution is -2.11. The van der Waals surface area contributed by atoms with Gasteiger partial charge in [0.2, 0.25) is 0 Å². The number of nitrogens with two attached hydrogens (primary N) is 1. The molecule has 0 saturated heterocycles. The van der Waals surface area contributed by atoms with Gasteiger partial charge in [0.25, 0.3) is 0 Å². The molecular weight excluding hydrogens is 190 g/mol. The van der Waals surface area contributed by atoms with E-state index >= 15 is 0 Å². The van der Waals surface area contributed by atoms with Crippen molar-refractivity contribution in [3.05, 3.63) is 36.2 Å². The number of benzene rings is 1. The molecule has 76 valence electrons. The summed E-state index contributed by atoms with van der Waals surface area (Å²) in [4.78, 5) is 4.03. The van der Waals surface area contributed by atoms with Gasteiger partial charge in [-0.25, -0.2) is 0 Å². The fourth-order valence-electron chi connectivity index (χ4n) is 1.58. The molecule has 0 bridgehead atoms. The highest BCUT2D eigenvalue weighted by Crippen LogP contribution is 2.27. The summed E-state index contributed by atoms with van der Waals surface area (Å²) in [7, 11) is 1.61. The number of hydrogen-bond acceptors (Lipinski definition) is 3. The minimum absolute atomic E-state index is 0.0499. The summed E-state index contributed by atoms with van der Waals surface area (Å²) in [6, 6.07) is 5.40. The average molecular weight is 201 g/mol. The molecule has 0 atom stereocenters. The van der Waals surface area contributed by atoms with Crippen molar-refractivity contribution in [1.29, 1.82) is 5.41 Å². The molecule has 0 spiro atoms. The van der Waals surface area contributed by atoms with E-state index in [0.717, 1.165) is 16.5 Å². The normalized spacial score (nSPS) is 10.2. The van der Waals surface area contributed by atoms with E-state index in [0.29, 0.717) is 5.56 Å². The van der Waals surface area contributed by atoms with Crippen LogP contribution in [0.3, 0.4) is 0 Å². The second kappa shape index (κ2) is 3.57. The summed E-state index contributed by atoms with van der Waals surface area (Å²) in [5, 5.41) is 9.22. The number of fused-ring (bicyclic) bond motifs is 1. The molecule has 2 rings (SSSR count). The number of nitrogen functional groups attached to an aromatic ring is 1. The molecule has 2 aromatic rings. The van der Waals surface area contributed by atoms with Crippen molar-refractivity contribution < 1.29 is 4.74 Å². The molecule has 15 heavy (non-hydrogen) atoms. The van der Waals surface area contributed by atoms with Crippen LogP contribution in [0.1, 0.15) is 5.56 Å². The van der Waals surface area contributed by atoms with E-state index in [-0.39, 0.29) is 5.84 Å². The molecule has 4 nitrogen and oxygen atoms in total. The Morgan fingerprint density at radius 1 is 1.33 bits per heavy atom. The van der Waals surface area contributed by atoms with Crippen LogP contribution in [0.15, 0.2) is 30.6 Å². The predicted octanol–water partition coefficient (Wildman–Crippen LogP) is 1.53. The third kappa shape index (κ3) is 1.50. The smallest absolute Gasteiger partial charge is 0.128 e. The van der Waals surface area contributed by atoms with Crippen LogP contribution in [-0.4, -0.2) is 17.9 Å². The zero-order valence-corrected chi connectivity index (χ0v) is 8.32. The molecule has 4 heteroatoms. The molecule has 0 radical (unpaired) electrons. The summed E-state index contributed by atoms with van der Waals surface area (Å²) >= 11 is 0. The zero-order chi connectivity index (χ0) is 10.8. The Morgan fingerprint density at radius 2 is 2.13 bits per heavy atom. The van der Waals surface area contributed by atoms with Crippen LogP contribution in [0.25, 0.3) is 10.8 Å². The van der Waals surface area contributed by atoms with Crippen molar-refractivity contribution in [2.75, 3.05) is 7.11 Å². The third-order valence-corrected chi connectivity index (χ3v) is 2.29. The first-order chi connectivity index (χ1) is 7.24. The molecule has 0 aliphatic heterocycles. The molecular formula is C11H11N3O. The number of nitrogens with zero attached hydrogens (tertiary/aromatic N) is 1. The van der Waals surface area contributed by atoms with Crippen LogP contribution in [0.5, 0.6) is 5.75 Å². The molecule has 0 fully saturated rings. The molecule has 0 amide bonds. The van der Waals surface area contributed by atoms with Crippen LogP contribution in [0.2, 0.25) is 0 Å². The number of rotatable bonds is 2. The molecule has 0 aliphatic carbocycles. The SMILES string of the molecule is COc1ccc(C(=N)N)c2ccncc12. The molecule has 1 aromatic carbocycles. The van der Waals surface area contributed by atoms with Gasteiger partial charge in [0.1, 0.15) is 11.6 Å². The maximum atomic E-state index is 7.46. The number of aromatic nitrogens is 1. The Kier molecular flexibility index (Phi) is 2.25. The maximum absolute atomic E-state index is 7.46. The van der Waals surface area contributed by atoms with E-state index in [9.17, 15) is 0 Å². The van der Waals surface area contributed by atoms with Gasteiger partial charge in [-0.3, -0.25) is 10.4 Å². The predicted molar refractivity (Wildman–Crippen MR) is 59.3 cm³/mol. The average Bonchev–Trinajstić information content (AvgIpc) is 2.27. The molecule has 3 N–H and O–H groups in total. The number of pyridine rings is 1. The Morgan fingerprint density at radius 3 is 2.80 bits per heavy atom. The Balaban J connectivity index is 2.83. The second-order valence-electron chi connectivity index (χ2n) is 3.15. The quantitative estimate of drug-likeness (QED) is 0.571. The fourth-order valence-corrected chi connectivity index (χ4v) is 1.58. The first kappa shape index (κ1) is 9.45. The molecule has 0 aliphatic rings. The van der Waals surface area contributed by atoms with Crippen LogP contribution in [0, 0.1) is 5.41 Å². The largest absolute Gasteiger partial charge is 0.496 e. The second-order valence-corrected chi connectivity index (χ2v) is 3.15. The van der Waals surface area contributed by atoms with Gasteiger partial charge in [-0.2, -0.15) is 0 Å². The minimum atomic E-state index is 0.0499. The van der Waals surface area contributed by atoms with E-state index in [2.05, 4.69) is 4.98 Å². The molecule has 1 heterocycles. The number of amidine groups is 1. The molecule has 0 saturated carbocycles. The number of methoxy groups -OCH3 is 1. The number of ether oxygens (including phenoxy) is 1. The van der Waals surface area contributed by atoms with Crippen molar-refractivity contribution in [3.63, 3.8) is 0 Å². The maximum Gasteiger partial charge on any atom is 0.128 e. The lowest BCUT2D eigenvalue weighted by atomic mass is 10.1. The van der Waals surface area contributed by atoms with Crippen LogP contribution >= 0.6 is 0 Å². The van der Waals surface area contributed by atoms with E-state index in [1.54, 1.807) is 31.6 Å². The monoisotopic (exact) mass is 201 g/mol. The van der Waals surface area contributed by atoms with Crippen molar-refractivity contribution in [2.24, 2.45) is 5.73 Å². The van der Waals surface area contributed by atoms with Gasteiger partial charge in [-0.1, -0.05) is 0 Å². The third-order valence-electron chi connectivity index (χ3n) is 2.29. The Labute approximate surface area is 87.2 Å². The van der Waals surface area contributed by atoms with Crippen LogP contribution < -0.4 is 10.5 Å². The first-order valence-electron chi connectivity index (χ1n) is 4.49. The van der Waals surface area contributed by atoms with E-state index in [4.69, 9.17) is 15.9 Å². The van der Waals surface area contributed by atoms with Gasteiger partial charge in [0.05, 0.1) is 7.11 Å². The van der Waals surface area contributed by atoms with Gasteiger partial charge in [0, 0.05) is 23.3 Å². The summed E-state index contributed by atoms with van der Waals surface area (Å²) in [6.45, 7) is 0. The number of nitrogens with one attached hydrogen (secondary N) is 1. The summed E-state index contributed by atoms with van der Waals surface area (Å²) in [5.41, 5.74) is 6.20. The van der Waals surface area contributed by atoms with E-state index in [1.807, 2.05) is 6.07 Å². The van der Waals surface area contributed by atoms with Gasteiger partial charge < -0.3 is 10.5 Å². The lowest BCUT2D eigenvalue weighted by molar-refractivity contribution is 0.419. The topological polar surface area (TPSA) is 72.0 Å². The van der Waals surface area contributed by atoms with Crippen molar-refractivity contribution in [1.82, 2.24) is 4.98 Å². The zero-order valence-electron chi connectivity index (χ0n) is 8.32. The summed E-state index contributed by atoms with van der Waals surface area (Å²) in [6.07, 6.45) is 3.38. The standard InChI is InChI=1S/C11H11N3O/c1-15-10-3-2-8(11(12)13)7-4-5-14-6-9(7)10/h2-6H,1H3,(H3,12,13). The molecule has 1 aromatic heterocycles. The molecule has 0 unspecified atom stereocenters. The van der Waals surface area contributed by atoms with Crippen LogP contribution in [-0.2, 0) is 0 Å². The summed E-state index contributed by atoms with van der Waals surface area (Å²) in [5.74, 6) is 0.789. The summed E-state index contributed by atoms with van der Waals surface area (Å²) < 4.78 is 5.21. The Bertz CT molecular complexity index is 522. The van der Waals surface area contributed by atoms with Gasteiger partial charge in [0.15, 0.2) is 0 Å². The highest BCUT2D eigenvalue weighted by molar-refractivity contribution is 6.08. The van der Waals surface area contributed by atoms with Gasteiger partial charge >= 0.3 is 0 Å². The first-order valence-corrected chi connectivity index (χ1v) is 4.49. The lowest BCUT2D eigenvalue weighted by Gasteiger charge is -2.08. The van der Waals surface area contributed by atoms with E-state index < -0.39 is 0 Å². The minimum Gasteiger partial charge on any atom is -0.496 e. The Hall–Kier alpha value is -2.10. The van der Waals surface area contributed by atoms with Gasteiger partial charge in [-0.15, -0.1) is 0 Å². The number of hydrogen-bond donors (Lipinski definition) is 2. The van der Waals surface area contributed by atoms with E-state index in [1.165, 1.54) is 0 Å².